The van der Waals surface area contributed by atoms with Gasteiger partial charge in [0.05, 0.1) is 6.61 Å². The van der Waals surface area contributed by atoms with Crippen molar-refractivity contribution in [2.75, 3.05) is 19.8 Å². The van der Waals surface area contributed by atoms with Crippen molar-refractivity contribution in [3.05, 3.63) is 26.4 Å². The SMILES string of the molecule is CCCCn1c(O)c(C(=N)N)c(=O)n(C2CCC(C)(CN3C(=O)NC(=O)[C@@]34CCOC4)CC2)c1=O. The van der Waals surface area contributed by atoms with E-state index >= 15 is 0 Å². The third-order valence-corrected chi connectivity index (χ3v) is 7.83. The molecular formula is C23H34N6O6. The van der Waals surface area contributed by atoms with Crippen LogP contribution in [0.3, 0.4) is 0 Å². The normalized spacial score (nSPS) is 28.6. The maximum atomic E-state index is 13.2. The lowest BCUT2D eigenvalue weighted by Crippen LogP contribution is -2.54. The number of nitrogens with zero attached hydrogens (tertiary/aromatic N) is 3. The first-order valence-corrected chi connectivity index (χ1v) is 12.2. The molecular weight excluding hydrogens is 456 g/mol. The summed E-state index contributed by atoms with van der Waals surface area (Å²) in [4.78, 5) is 53.1. The second kappa shape index (κ2) is 9.14. The fourth-order valence-electron chi connectivity index (χ4n) is 5.60. The predicted molar refractivity (Wildman–Crippen MR) is 127 cm³/mol. The average Bonchev–Trinajstić information content (AvgIpc) is 3.37. The molecule has 192 valence electrons. The Morgan fingerprint density at radius 3 is 2.49 bits per heavy atom. The molecule has 0 unspecified atom stereocenters. The summed E-state index contributed by atoms with van der Waals surface area (Å²) in [6, 6.07) is -0.837. The summed E-state index contributed by atoms with van der Waals surface area (Å²) in [6.45, 7) is 5.17. The van der Waals surface area contributed by atoms with Crippen LogP contribution in [-0.2, 0) is 16.1 Å². The molecule has 35 heavy (non-hydrogen) atoms. The lowest BCUT2D eigenvalue weighted by molar-refractivity contribution is -0.127. The van der Waals surface area contributed by atoms with Gasteiger partial charge in [0.1, 0.15) is 16.9 Å². The van der Waals surface area contributed by atoms with Gasteiger partial charge in [0.2, 0.25) is 5.88 Å². The number of hydrogen-bond donors (Lipinski definition) is 4. The van der Waals surface area contributed by atoms with Crippen molar-refractivity contribution in [1.82, 2.24) is 19.4 Å². The third kappa shape index (κ3) is 4.13. The number of amidine groups is 1. The zero-order valence-electron chi connectivity index (χ0n) is 20.3. The Morgan fingerprint density at radius 1 is 1.23 bits per heavy atom. The van der Waals surface area contributed by atoms with E-state index in [9.17, 15) is 24.3 Å². The first kappa shape index (κ1) is 25.0. The lowest BCUT2D eigenvalue weighted by Gasteiger charge is -2.42. The Hall–Kier alpha value is -3.15. The number of hydrogen-bond acceptors (Lipinski definition) is 7. The summed E-state index contributed by atoms with van der Waals surface area (Å²) in [5, 5.41) is 20.7. The number of ether oxygens (including phenoxy) is 1. The van der Waals surface area contributed by atoms with Gasteiger partial charge in [-0.2, -0.15) is 0 Å². The van der Waals surface area contributed by atoms with Crippen molar-refractivity contribution in [2.24, 2.45) is 11.1 Å². The molecule has 1 aliphatic carbocycles. The van der Waals surface area contributed by atoms with Gasteiger partial charge in [-0.1, -0.05) is 20.3 Å². The molecule has 12 heteroatoms. The molecule has 5 N–H and O–H groups in total. The molecule has 1 aromatic rings. The topological polar surface area (TPSA) is 173 Å². The summed E-state index contributed by atoms with van der Waals surface area (Å²) >= 11 is 0. The van der Waals surface area contributed by atoms with Gasteiger partial charge in [0.15, 0.2) is 0 Å². The van der Waals surface area contributed by atoms with E-state index in [0.29, 0.717) is 51.7 Å². The average molecular weight is 491 g/mol. The molecule has 4 rings (SSSR count). The molecule has 3 aliphatic rings. The van der Waals surface area contributed by atoms with Crippen LogP contribution in [-0.4, -0.2) is 62.2 Å². The largest absolute Gasteiger partial charge is 0.494 e. The van der Waals surface area contributed by atoms with Crippen molar-refractivity contribution in [3.63, 3.8) is 0 Å². The Morgan fingerprint density at radius 2 is 1.91 bits per heavy atom. The van der Waals surface area contributed by atoms with Crippen LogP contribution in [0.1, 0.15) is 70.4 Å². The van der Waals surface area contributed by atoms with Gasteiger partial charge in [0, 0.05) is 32.2 Å². The number of imide groups is 1. The van der Waals surface area contributed by atoms with Crippen LogP contribution < -0.4 is 22.3 Å². The summed E-state index contributed by atoms with van der Waals surface area (Å²) < 4.78 is 7.71. The van der Waals surface area contributed by atoms with Crippen molar-refractivity contribution >= 4 is 17.8 Å². The zero-order chi connectivity index (χ0) is 25.5. The van der Waals surface area contributed by atoms with Gasteiger partial charge < -0.3 is 20.5 Å². The highest BCUT2D eigenvalue weighted by Crippen LogP contribution is 2.43. The van der Waals surface area contributed by atoms with E-state index in [1.807, 2.05) is 13.8 Å². The maximum absolute atomic E-state index is 13.2. The molecule has 2 aliphatic heterocycles. The Bertz CT molecular complexity index is 1160. The van der Waals surface area contributed by atoms with Crippen LogP contribution >= 0.6 is 0 Å². The first-order chi connectivity index (χ1) is 16.5. The van der Waals surface area contributed by atoms with Crippen LogP contribution in [0.4, 0.5) is 4.79 Å². The summed E-state index contributed by atoms with van der Waals surface area (Å²) in [5.74, 6) is -1.47. The number of carbonyl (C=O) groups is 2. The van der Waals surface area contributed by atoms with E-state index in [2.05, 4.69) is 5.32 Å². The monoisotopic (exact) mass is 490 g/mol. The molecule has 2 saturated heterocycles. The molecule has 3 heterocycles. The van der Waals surface area contributed by atoms with Crippen molar-refractivity contribution in [3.8, 4) is 5.88 Å². The van der Waals surface area contributed by atoms with Crippen LogP contribution in [0.15, 0.2) is 9.59 Å². The zero-order valence-corrected chi connectivity index (χ0v) is 20.3. The maximum Gasteiger partial charge on any atom is 0.334 e. The standard InChI is InChI=1S/C23H34N6O6/c1-3-4-10-27-17(30)15(16(24)25)18(31)29(21(27)34)14-5-7-22(2,8-6-14)12-28-20(33)26-19(32)23(28)9-11-35-13-23/h14,30H,3-13H2,1-2H3,(H3,24,25)(H,26,32,33)/t14?,22?,23-/m0/s1. The van der Waals surface area contributed by atoms with E-state index in [1.165, 1.54) is 0 Å². The number of urea groups is 1. The molecule has 12 nitrogen and oxygen atoms in total. The van der Waals surface area contributed by atoms with Crippen molar-refractivity contribution < 1.29 is 19.4 Å². The number of amides is 3. The number of nitrogens with one attached hydrogen (secondary N) is 2. The Kier molecular flexibility index (Phi) is 6.52. The molecule has 0 aromatic carbocycles. The number of aromatic nitrogens is 2. The minimum Gasteiger partial charge on any atom is -0.494 e. The molecule has 3 amide bonds. The van der Waals surface area contributed by atoms with Crippen LogP contribution in [0.2, 0.25) is 0 Å². The number of nitrogen functional groups attached to an aromatic ring is 1. The highest BCUT2D eigenvalue weighted by Gasteiger charge is 2.56. The van der Waals surface area contributed by atoms with E-state index in [0.717, 1.165) is 15.6 Å². The van der Waals surface area contributed by atoms with Gasteiger partial charge >= 0.3 is 11.7 Å². The minimum atomic E-state index is -0.964. The van der Waals surface area contributed by atoms with Gasteiger partial charge in [-0.3, -0.25) is 29.4 Å². The van der Waals surface area contributed by atoms with Gasteiger partial charge in [0.25, 0.3) is 11.5 Å². The molecule has 1 spiro atoms. The summed E-state index contributed by atoms with van der Waals surface area (Å²) in [7, 11) is 0. The Labute approximate surface area is 202 Å². The summed E-state index contributed by atoms with van der Waals surface area (Å²) in [5.41, 5.74) is 2.59. The molecule has 0 radical (unpaired) electrons. The van der Waals surface area contributed by atoms with Gasteiger partial charge in [-0.05, 0) is 37.5 Å². The third-order valence-electron chi connectivity index (χ3n) is 7.83. The van der Waals surface area contributed by atoms with E-state index in [1.54, 1.807) is 4.90 Å². The molecule has 1 atom stereocenters. The van der Waals surface area contributed by atoms with E-state index in [-0.39, 0.29) is 30.0 Å². The quantitative estimate of drug-likeness (QED) is 0.246. The molecule has 0 bridgehead atoms. The number of aromatic hydroxyl groups is 1. The first-order valence-electron chi connectivity index (χ1n) is 12.2. The number of unbranched alkanes of at least 4 members (excludes halogenated alkanes) is 1. The highest BCUT2D eigenvalue weighted by molar-refractivity contribution is 6.07. The van der Waals surface area contributed by atoms with E-state index < -0.39 is 40.6 Å². The van der Waals surface area contributed by atoms with Gasteiger partial charge in [-0.25, -0.2) is 9.59 Å². The van der Waals surface area contributed by atoms with Crippen molar-refractivity contribution in [2.45, 2.75) is 76.9 Å². The predicted octanol–water partition coefficient (Wildman–Crippen LogP) is 0.632. The van der Waals surface area contributed by atoms with E-state index in [4.69, 9.17) is 15.9 Å². The van der Waals surface area contributed by atoms with Gasteiger partial charge in [-0.15, -0.1) is 0 Å². The molecule has 1 aromatic heterocycles. The fourth-order valence-corrected chi connectivity index (χ4v) is 5.60. The number of rotatable bonds is 7. The minimum absolute atomic E-state index is 0.178. The smallest absolute Gasteiger partial charge is 0.334 e. The number of carbonyl (C=O) groups excluding carboxylic acids is 2. The van der Waals surface area contributed by atoms with Crippen LogP contribution in [0.5, 0.6) is 5.88 Å². The van der Waals surface area contributed by atoms with Crippen molar-refractivity contribution in [1.29, 1.82) is 5.41 Å². The second-order valence-corrected chi connectivity index (χ2v) is 10.3. The van der Waals surface area contributed by atoms with Crippen LogP contribution in [0, 0.1) is 10.8 Å². The highest BCUT2D eigenvalue weighted by atomic mass is 16.5. The Balaban J connectivity index is 1.59. The lowest BCUT2D eigenvalue weighted by atomic mass is 9.73. The molecule has 1 saturated carbocycles. The summed E-state index contributed by atoms with van der Waals surface area (Å²) in [6.07, 6.45) is 4.07. The number of nitrogens with two attached hydrogens (primary N) is 1. The molecule has 3 fully saturated rings. The van der Waals surface area contributed by atoms with Crippen LogP contribution in [0.25, 0.3) is 0 Å². The second-order valence-electron chi connectivity index (χ2n) is 10.3. The fraction of sp³-hybridized carbons (Fsp3) is 0.696.